The number of rotatable bonds is 2. The van der Waals surface area contributed by atoms with Gasteiger partial charge in [-0.25, -0.2) is 0 Å². The molecule has 17 heavy (non-hydrogen) atoms. The van der Waals surface area contributed by atoms with Crippen LogP contribution in [0.5, 0.6) is 0 Å². The Kier molecular flexibility index (Phi) is 3.02. The number of anilines is 1. The molecule has 3 heteroatoms. The first kappa shape index (κ1) is 12.2. The highest BCUT2D eigenvalue weighted by Gasteiger charge is 2.36. The van der Waals surface area contributed by atoms with Crippen molar-refractivity contribution in [2.75, 3.05) is 5.32 Å². The number of pyridine rings is 1. The molecule has 1 aromatic heterocycles. The van der Waals surface area contributed by atoms with E-state index in [1.165, 1.54) is 12.8 Å². The summed E-state index contributed by atoms with van der Waals surface area (Å²) >= 11 is 0. The van der Waals surface area contributed by atoms with Crippen molar-refractivity contribution in [1.29, 1.82) is 0 Å². The van der Waals surface area contributed by atoms with E-state index < -0.39 is 0 Å². The first-order valence-electron chi connectivity index (χ1n) is 6.31. The van der Waals surface area contributed by atoms with Gasteiger partial charge in [-0.1, -0.05) is 20.8 Å². The zero-order chi connectivity index (χ0) is 12.6. The summed E-state index contributed by atoms with van der Waals surface area (Å²) in [6.07, 6.45) is 4.33. The van der Waals surface area contributed by atoms with Crippen molar-refractivity contribution in [3.8, 4) is 0 Å². The molecule has 0 amide bonds. The summed E-state index contributed by atoms with van der Waals surface area (Å²) in [5.74, 6) is 0.683. The van der Waals surface area contributed by atoms with Crippen LogP contribution in [-0.2, 0) is 7.05 Å². The van der Waals surface area contributed by atoms with Gasteiger partial charge in [-0.15, -0.1) is 0 Å². The fraction of sp³-hybridized carbons (Fsp3) is 0.643. The van der Waals surface area contributed by atoms with E-state index in [1.54, 1.807) is 17.7 Å². The van der Waals surface area contributed by atoms with Gasteiger partial charge in [0.1, 0.15) is 0 Å². The third-order valence-corrected chi connectivity index (χ3v) is 3.77. The van der Waals surface area contributed by atoms with Crippen molar-refractivity contribution in [1.82, 2.24) is 4.57 Å². The molecule has 1 saturated carbocycles. The lowest BCUT2D eigenvalue weighted by Crippen LogP contribution is -2.24. The smallest absolute Gasteiger partial charge is 0.250 e. The van der Waals surface area contributed by atoms with Gasteiger partial charge in [0.15, 0.2) is 0 Å². The summed E-state index contributed by atoms with van der Waals surface area (Å²) in [4.78, 5) is 11.3. The van der Waals surface area contributed by atoms with E-state index >= 15 is 0 Å². The molecule has 1 fully saturated rings. The average molecular weight is 234 g/mol. The lowest BCUT2D eigenvalue weighted by Gasteiger charge is -2.20. The van der Waals surface area contributed by atoms with E-state index in [1.807, 2.05) is 12.3 Å². The first-order valence-corrected chi connectivity index (χ1v) is 6.31. The molecule has 0 spiro atoms. The van der Waals surface area contributed by atoms with Crippen LogP contribution in [0, 0.1) is 11.3 Å². The molecule has 0 radical (unpaired) electrons. The lowest BCUT2D eigenvalue weighted by molar-refractivity contribution is 0.366. The van der Waals surface area contributed by atoms with Gasteiger partial charge in [-0.2, -0.15) is 0 Å². The molecular weight excluding hydrogens is 212 g/mol. The average Bonchev–Trinajstić information content (AvgIpc) is 2.46. The van der Waals surface area contributed by atoms with E-state index in [0.29, 0.717) is 17.4 Å². The van der Waals surface area contributed by atoms with Crippen molar-refractivity contribution >= 4 is 5.69 Å². The Hall–Kier alpha value is -1.25. The van der Waals surface area contributed by atoms with Gasteiger partial charge in [0.25, 0.3) is 0 Å². The van der Waals surface area contributed by atoms with Crippen LogP contribution in [0.4, 0.5) is 5.69 Å². The van der Waals surface area contributed by atoms with Gasteiger partial charge in [-0.3, -0.25) is 4.79 Å². The van der Waals surface area contributed by atoms with Gasteiger partial charge in [0, 0.05) is 25.4 Å². The molecule has 1 aliphatic rings. The molecule has 1 aromatic rings. The van der Waals surface area contributed by atoms with Crippen molar-refractivity contribution in [3.63, 3.8) is 0 Å². The Morgan fingerprint density at radius 3 is 2.59 bits per heavy atom. The second kappa shape index (κ2) is 4.21. The molecule has 0 saturated heterocycles. The van der Waals surface area contributed by atoms with E-state index in [4.69, 9.17) is 0 Å². The highest BCUT2D eigenvalue weighted by atomic mass is 16.1. The summed E-state index contributed by atoms with van der Waals surface area (Å²) in [6.45, 7) is 6.95. The second-order valence-corrected chi connectivity index (χ2v) is 6.17. The molecule has 1 N–H and O–H groups in total. The van der Waals surface area contributed by atoms with E-state index in [0.717, 1.165) is 5.69 Å². The van der Waals surface area contributed by atoms with Gasteiger partial charge in [0.05, 0.1) is 5.69 Å². The van der Waals surface area contributed by atoms with Crippen LogP contribution in [-0.4, -0.2) is 10.6 Å². The maximum Gasteiger partial charge on any atom is 0.250 e. The predicted molar refractivity (Wildman–Crippen MR) is 71.3 cm³/mol. The molecule has 2 rings (SSSR count). The molecule has 1 aliphatic carbocycles. The molecule has 1 heterocycles. The zero-order valence-corrected chi connectivity index (χ0v) is 11.2. The Bertz CT molecular complexity index is 462. The molecule has 0 bridgehead atoms. The van der Waals surface area contributed by atoms with E-state index in [9.17, 15) is 4.79 Å². The number of aromatic nitrogens is 1. The van der Waals surface area contributed by atoms with E-state index in [-0.39, 0.29) is 5.56 Å². The quantitative estimate of drug-likeness (QED) is 0.853. The summed E-state index contributed by atoms with van der Waals surface area (Å²) in [5.41, 5.74) is 1.51. The summed E-state index contributed by atoms with van der Waals surface area (Å²) in [6, 6.07) is 4.01. The number of aryl methyl sites for hydroxylation is 1. The largest absolute Gasteiger partial charge is 0.381 e. The minimum Gasteiger partial charge on any atom is -0.381 e. The van der Waals surface area contributed by atoms with Crippen LogP contribution in [0.2, 0.25) is 0 Å². The topological polar surface area (TPSA) is 34.0 Å². The summed E-state index contributed by atoms with van der Waals surface area (Å²) < 4.78 is 1.62. The van der Waals surface area contributed by atoms with Crippen LogP contribution in [0.25, 0.3) is 0 Å². The number of nitrogens with zero attached hydrogens (tertiary/aromatic N) is 1. The minimum atomic E-state index is 0.0374. The molecule has 2 atom stereocenters. The van der Waals surface area contributed by atoms with Crippen LogP contribution in [0.3, 0.4) is 0 Å². The molecule has 94 valence electrons. The van der Waals surface area contributed by atoms with Gasteiger partial charge < -0.3 is 9.88 Å². The summed E-state index contributed by atoms with van der Waals surface area (Å²) in [5, 5.41) is 3.55. The normalized spacial score (nSPS) is 27.1. The monoisotopic (exact) mass is 234 g/mol. The molecule has 0 aliphatic heterocycles. The maximum absolute atomic E-state index is 11.3. The van der Waals surface area contributed by atoms with Gasteiger partial charge >= 0.3 is 0 Å². The van der Waals surface area contributed by atoms with Crippen molar-refractivity contribution in [2.24, 2.45) is 18.4 Å². The zero-order valence-electron chi connectivity index (χ0n) is 11.2. The summed E-state index contributed by atoms with van der Waals surface area (Å²) in [7, 11) is 1.79. The van der Waals surface area contributed by atoms with Gasteiger partial charge in [-0.05, 0) is 30.2 Å². The van der Waals surface area contributed by atoms with Crippen molar-refractivity contribution in [2.45, 2.75) is 39.7 Å². The van der Waals surface area contributed by atoms with Crippen LogP contribution < -0.4 is 10.9 Å². The molecule has 0 aromatic carbocycles. The predicted octanol–water partition coefficient (Wildman–Crippen LogP) is 2.62. The van der Waals surface area contributed by atoms with Gasteiger partial charge in [0.2, 0.25) is 5.56 Å². The second-order valence-electron chi connectivity index (χ2n) is 6.17. The van der Waals surface area contributed by atoms with Crippen molar-refractivity contribution in [3.05, 3.63) is 28.7 Å². The number of nitrogens with one attached hydrogen (secondary N) is 1. The molecular formula is C14H22N2O. The van der Waals surface area contributed by atoms with Crippen LogP contribution in [0.1, 0.15) is 33.6 Å². The van der Waals surface area contributed by atoms with Crippen LogP contribution in [0.15, 0.2) is 23.1 Å². The maximum atomic E-state index is 11.3. The standard InChI is InChI=1S/C14H22N2O/c1-10-7-14(2,3)8-12(10)15-11-5-6-13(17)16(4)9-11/h5-6,9-10,12,15H,7-8H2,1-4H3. The van der Waals surface area contributed by atoms with Crippen LogP contribution >= 0.6 is 0 Å². The van der Waals surface area contributed by atoms with Crippen molar-refractivity contribution < 1.29 is 0 Å². The molecule has 3 nitrogen and oxygen atoms in total. The fourth-order valence-electron chi connectivity index (χ4n) is 2.98. The van der Waals surface area contributed by atoms with E-state index in [2.05, 4.69) is 26.1 Å². The third-order valence-electron chi connectivity index (χ3n) is 3.77. The Morgan fingerprint density at radius 1 is 1.35 bits per heavy atom. The Morgan fingerprint density at radius 2 is 2.06 bits per heavy atom. The number of hydrogen-bond acceptors (Lipinski definition) is 2. The highest BCUT2D eigenvalue weighted by molar-refractivity contribution is 5.41. The minimum absolute atomic E-state index is 0.0374. The lowest BCUT2D eigenvalue weighted by atomic mass is 9.91. The Labute approximate surface area is 103 Å². The number of hydrogen-bond donors (Lipinski definition) is 1. The first-order chi connectivity index (χ1) is 7.87. The highest BCUT2D eigenvalue weighted by Crippen LogP contribution is 2.41. The third kappa shape index (κ3) is 2.71. The molecule has 2 unspecified atom stereocenters. The fourth-order valence-corrected chi connectivity index (χ4v) is 2.98. The Balaban J connectivity index is 2.11. The SMILES string of the molecule is CC1CC(C)(C)CC1Nc1ccc(=O)n(C)c1.